The summed E-state index contributed by atoms with van der Waals surface area (Å²) in [6.45, 7) is 5.73. The van der Waals surface area contributed by atoms with E-state index in [4.69, 9.17) is 0 Å². The molecule has 0 bridgehead atoms. The van der Waals surface area contributed by atoms with Crippen molar-refractivity contribution in [2.45, 2.75) is 20.8 Å². The van der Waals surface area contributed by atoms with Crippen LogP contribution >= 0.6 is 0 Å². The molecule has 0 amide bonds. The number of phenolic OH excluding ortho intramolecular Hbond substituents is 1. The summed E-state index contributed by atoms with van der Waals surface area (Å²) in [5.74, 6) is 0.905. The molecule has 88 valence electrons. The molecule has 0 saturated heterocycles. The number of phenols is 1. The number of hydrogen-bond acceptors (Lipinski definition) is 4. The zero-order valence-corrected chi connectivity index (χ0v) is 10.2. The highest BCUT2D eigenvalue weighted by atomic mass is 16.3. The van der Waals surface area contributed by atoms with Crippen molar-refractivity contribution in [1.82, 2.24) is 9.97 Å². The summed E-state index contributed by atoms with van der Waals surface area (Å²) in [6.07, 6.45) is 3.37. The summed E-state index contributed by atoms with van der Waals surface area (Å²) in [5, 5.41) is 13.0. The molecule has 0 saturated carbocycles. The van der Waals surface area contributed by atoms with Gasteiger partial charge in [0.05, 0.1) is 0 Å². The molecular formula is C13H15N3O. The zero-order valence-electron chi connectivity index (χ0n) is 10.2. The smallest absolute Gasteiger partial charge is 0.227 e. The lowest BCUT2D eigenvalue weighted by Gasteiger charge is -2.13. The predicted octanol–water partition coefficient (Wildman–Crippen LogP) is 2.85. The molecule has 0 aliphatic carbocycles. The van der Waals surface area contributed by atoms with Crippen molar-refractivity contribution in [1.29, 1.82) is 0 Å². The molecule has 0 aliphatic rings. The number of hydrogen-bond donors (Lipinski definition) is 2. The number of aryl methyl sites for hydroxylation is 1. The number of aromatic hydroxyl groups is 1. The van der Waals surface area contributed by atoms with Gasteiger partial charge in [0, 0.05) is 18.1 Å². The quantitative estimate of drug-likeness (QED) is 0.777. The maximum atomic E-state index is 9.82. The minimum atomic E-state index is 0.349. The summed E-state index contributed by atoms with van der Waals surface area (Å²) < 4.78 is 0. The number of rotatable bonds is 2. The van der Waals surface area contributed by atoms with E-state index in [1.807, 2.05) is 26.8 Å². The van der Waals surface area contributed by atoms with Crippen LogP contribution in [0.15, 0.2) is 24.5 Å². The topological polar surface area (TPSA) is 58.0 Å². The Labute approximate surface area is 100 Å². The average molecular weight is 229 g/mol. The molecular weight excluding hydrogens is 214 g/mol. The van der Waals surface area contributed by atoms with Crippen LogP contribution in [0, 0.1) is 20.8 Å². The Bertz CT molecular complexity index is 538. The van der Waals surface area contributed by atoms with Gasteiger partial charge < -0.3 is 10.4 Å². The van der Waals surface area contributed by atoms with Crippen LogP contribution in [-0.4, -0.2) is 15.1 Å². The maximum absolute atomic E-state index is 9.82. The first-order valence-corrected chi connectivity index (χ1v) is 5.43. The van der Waals surface area contributed by atoms with E-state index >= 15 is 0 Å². The van der Waals surface area contributed by atoms with E-state index in [0.29, 0.717) is 11.7 Å². The van der Waals surface area contributed by atoms with Crippen molar-refractivity contribution in [2.75, 3.05) is 5.32 Å². The van der Waals surface area contributed by atoms with E-state index in [1.54, 1.807) is 18.5 Å². The number of nitrogens with one attached hydrogen (secondary N) is 1. The normalized spacial score (nSPS) is 10.3. The molecule has 0 atom stereocenters. The van der Waals surface area contributed by atoms with Gasteiger partial charge in [-0.15, -0.1) is 0 Å². The molecule has 0 unspecified atom stereocenters. The minimum absolute atomic E-state index is 0.349. The lowest BCUT2D eigenvalue weighted by molar-refractivity contribution is 0.466. The first-order valence-electron chi connectivity index (χ1n) is 5.43. The second-order valence-corrected chi connectivity index (χ2v) is 4.04. The van der Waals surface area contributed by atoms with Crippen LogP contribution in [0.25, 0.3) is 0 Å². The van der Waals surface area contributed by atoms with Gasteiger partial charge in [-0.25, -0.2) is 9.97 Å². The van der Waals surface area contributed by atoms with Gasteiger partial charge in [0.2, 0.25) is 5.95 Å². The lowest BCUT2D eigenvalue weighted by atomic mass is 10.0. The summed E-state index contributed by atoms with van der Waals surface area (Å²) >= 11 is 0. The van der Waals surface area contributed by atoms with Gasteiger partial charge in [-0.05, 0) is 49.6 Å². The molecule has 1 aromatic heterocycles. The van der Waals surface area contributed by atoms with Crippen molar-refractivity contribution in [3.8, 4) is 5.75 Å². The average Bonchev–Trinajstić information content (AvgIpc) is 2.35. The van der Waals surface area contributed by atoms with Gasteiger partial charge in [0.15, 0.2) is 0 Å². The highest BCUT2D eigenvalue weighted by molar-refractivity contribution is 5.65. The second-order valence-electron chi connectivity index (χ2n) is 4.04. The lowest BCUT2D eigenvalue weighted by Crippen LogP contribution is -2.00. The second kappa shape index (κ2) is 4.41. The van der Waals surface area contributed by atoms with Gasteiger partial charge >= 0.3 is 0 Å². The molecule has 4 nitrogen and oxygen atoms in total. The molecule has 2 rings (SSSR count). The van der Waals surface area contributed by atoms with Crippen molar-refractivity contribution in [2.24, 2.45) is 0 Å². The third-order valence-electron chi connectivity index (χ3n) is 2.87. The molecule has 0 spiro atoms. The highest BCUT2D eigenvalue weighted by Crippen LogP contribution is 2.31. The maximum Gasteiger partial charge on any atom is 0.227 e. The Morgan fingerprint density at radius 3 is 2.35 bits per heavy atom. The standard InChI is InChI=1S/C13H15N3O/c1-8-7-11(9(2)10(3)12(8)17)16-13-14-5-4-6-15-13/h4-7,17H,1-3H3,(H,14,15,16). The van der Waals surface area contributed by atoms with Gasteiger partial charge in [-0.1, -0.05) is 0 Å². The van der Waals surface area contributed by atoms with Gasteiger partial charge in [0.1, 0.15) is 5.75 Å². The first kappa shape index (κ1) is 11.4. The third-order valence-corrected chi connectivity index (χ3v) is 2.87. The van der Waals surface area contributed by atoms with Crippen LogP contribution in [0.1, 0.15) is 16.7 Å². The van der Waals surface area contributed by atoms with Crippen molar-refractivity contribution in [3.05, 3.63) is 41.2 Å². The Morgan fingerprint density at radius 2 is 1.71 bits per heavy atom. The van der Waals surface area contributed by atoms with Gasteiger partial charge in [0.25, 0.3) is 0 Å². The molecule has 17 heavy (non-hydrogen) atoms. The molecule has 2 N–H and O–H groups in total. The van der Waals surface area contributed by atoms with Crippen molar-refractivity contribution in [3.63, 3.8) is 0 Å². The van der Waals surface area contributed by atoms with Gasteiger partial charge in [-0.2, -0.15) is 0 Å². The molecule has 1 aromatic carbocycles. The van der Waals surface area contributed by atoms with E-state index in [-0.39, 0.29) is 0 Å². The van der Waals surface area contributed by atoms with E-state index in [1.165, 1.54) is 0 Å². The van der Waals surface area contributed by atoms with Crippen molar-refractivity contribution < 1.29 is 5.11 Å². The van der Waals surface area contributed by atoms with E-state index in [9.17, 15) is 5.11 Å². The molecule has 0 aliphatic heterocycles. The predicted molar refractivity (Wildman–Crippen MR) is 67.6 cm³/mol. The fraction of sp³-hybridized carbons (Fsp3) is 0.231. The summed E-state index contributed by atoms with van der Waals surface area (Å²) in [6, 6.07) is 3.67. The Balaban J connectivity index is 2.41. The number of aromatic nitrogens is 2. The third kappa shape index (κ3) is 2.20. The fourth-order valence-corrected chi connectivity index (χ4v) is 1.68. The van der Waals surface area contributed by atoms with Gasteiger partial charge in [-0.3, -0.25) is 0 Å². The number of benzene rings is 1. The van der Waals surface area contributed by atoms with E-state index in [0.717, 1.165) is 22.4 Å². The fourth-order valence-electron chi connectivity index (χ4n) is 1.68. The van der Waals surface area contributed by atoms with Crippen LogP contribution in [-0.2, 0) is 0 Å². The van der Waals surface area contributed by atoms with Crippen LogP contribution in [0.2, 0.25) is 0 Å². The molecule has 1 heterocycles. The Morgan fingerprint density at radius 1 is 1.06 bits per heavy atom. The first-order chi connectivity index (χ1) is 8.09. The Kier molecular flexibility index (Phi) is 2.95. The molecule has 0 fully saturated rings. The minimum Gasteiger partial charge on any atom is -0.507 e. The molecule has 2 aromatic rings. The van der Waals surface area contributed by atoms with Crippen LogP contribution in [0.3, 0.4) is 0 Å². The van der Waals surface area contributed by atoms with E-state index in [2.05, 4.69) is 15.3 Å². The van der Waals surface area contributed by atoms with Crippen LogP contribution in [0.5, 0.6) is 5.75 Å². The Hall–Kier alpha value is -2.10. The zero-order chi connectivity index (χ0) is 12.4. The SMILES string of the molecule is Cc1cc(Nc2ncccn2)c(C)c(C)c1O. The number of anilines is 2. The summed E-state index contributed by atoms with van der Waals surface area (Å²) in [7, 11) is 0. The van der Waals surface area contributed by atoms with E-state index < -0.39 is 0 Å². The van der Waals surface area contributed by atoms with Crippen molar-refractivity contribution >= 4 is 11.6 Å². The summed E-state index contributed by atoms with van der Waals surface area (Å²) in [4.78, 5) is 8.22. The highest BCUT2D eigenvalue weighted by Gasteiger charge is 2.09. The van der Waals surface area contributed by atoms with Crippen LogP contribution in [0.4, 0.5) is 11.6 Å². The monoisotopic (exact) mass is 229 g/mol. The largest absolute Gasteiger partial charge is 0.507 e. The van der Waals surface area contributed by atoms with Crippen LogP contribution < -0.4 is 5.32 Å². The summed E-state index contributed by atoms with van der Waals surface area (Å²) in [5.41, 5.74) is 3.64. The molecule has 0 radical (unpaired) electrons. The molecule has 4 heteroatoms. The number of nitrogens with zero attached hydrogens (tertiary/aromatic N) is 2.